The second-order valence-electron chi connectivity index (χ2n) is 5.55. The van der Waals surface area contributed by atoms with Crippen molar-refractivity contribution < 1.29 is 46.7 Å². The Kier molecular flexibility index (Phi) is 10.9. The van der Waals surface area contributed by atoms with Gasteiger partial charge < -0.3 is 25.5 Å². The zero-order valence-electron chi connectivity index (χ0n) is 18.9. The van der Waals surface area contributed by atoms with Crippen molar-refractivity contribution in [2.24, 2.45) is 10.9 Å². The van der Waals surface area contributed by atoms with E-state index in [4.69, 9.17) is 24.9 Å². The maximum Gasteiger partial charge on any atom is 0.416 e. The van der Waals surface area contributed by atoms with Crippen molar-refractivity contribution in [3.05, 3.63) is 47.5 Å². The summed E-state index contributed by atoms with van der Waals surface area (Å²) in [6.07, 6.45) is -1.87. The summed E-state index contributed by atoms with van der Waals surface area (Å²) in [5, 5.41) is 19.5. The number of halogens is 3. The molecule has 0 aliphatic heterocycles. The number of carbonyl (C=O) groups is 2. The van der Waals surface area contributed by atoms with E-state index in [1.807, 2.05) is 0 Å². The van der Waals surface area contributed by atoms with E-state index in [-0.39, 0.29) is 19.8 Å². The number of oxime groups is 1. The SMILES string of the molecule is O=C(O)/C=C\C(=O)O.[2H]C([2H])([2H])OCCCC/C(=N\OCCN)c1ccc(C(F)(F)F)cc1. The number of nitrogens with zero attached hydrogens (tertiary/aromatic N) is 1. The molecule has 0 aliphatic rings. The summed E-state index contributed by atoms with van der Waals surface area (Å²) in [5.74, 6) is -2.51. The van der Waals surface area contributed by atoms with Crippen molar-refractivity contribution >= 4 is 17.7 Å². The molecule has 0 heterocycles. The number of hydrogen-bond donors (Lipinski definition) is 3. The molecule has 4 N–H and O–H groups in total. The molecule has 0 saturated heterocycles. The maximum atomic E-state index is 12.6. The van der Waals surface area contributed by atoms with Crippen molar-refractivity contribution in [2.45, 2.75) is 25.4 Å². The molecule has 0 saturated carbocycles. The highest BCUT2D eigenvalue weighted by molar-refractivity contribution is 6.00. The number of methoxy groups -OCH3 is 1. The van der Waals surface area contributed by atoms with Gasteiger partial charge in [-0.25, -0.2) is 9.59 Å². The molecule has 0 atom stereocenters. The van der Waals surface area contributed by atoms with E-state index in [1.165, 1.54) is 12.1 Å². The Hall–Kier alpha value is -2.92. The van der Waals surface area contributed by atoms with Gasteiger partial charge in [0.05, 0.1) is 15.4 Å². The Morgan fingerprint density at radius 3 is 2.20 bits per heavy atom. The highest BCUT2D eigenvalue weighted by atomic mass is 19.4. The van der Waals surface area contributed by atoms with Crippen LogP contribution in [0.4, 0.5) is 13.2 Å². The van der Waals surface area contributed by atoms with E-state index in [0.717, 1.165) is 12.1 Å². The van der Waals surface area contributed by atoms with Crippen molar-refractivity contribution in [1.82, 2.24) is 0 Å². The van der Waals surface area contributed by atoms with Crippen LogP contribution in [0.15, 0.2) is 41.6 Å². The average molecular weight is 437 g/mol. The number of benzene rings is 1. The van der Waals surface area contributed by atoms with Gasteiger partial charge in [0.15, 0.2) is 0 Å². The van der Waals surface area contributed by atoms with Crippen LogP contribution in [-0.2, 0) is 25.3 Å². The lowest BCUT2D eigenvalue weighted by Gasteiger charge is -2.10. The Morgan fingerprint density at radius 1 is 1.13 bits per heavy atom. The van der Waals surface area contributed by atoms with Gasteiger partial charge in [-0.2, -0.15) is 13.2 Å². The fraction of sp³-hybridized carbons (Fsp3) is 0.421. The van der Waals surface area contributed by atoms with Crippen LogP contribution in [0.1, 0.15) is 34.5 Å². The zero-order valence-corrected chi connectivity index (χ0v) is 15.9. The maximum absolute atomic E-state index is 12.6. The summed E-state index contributed by atoms with van der Waals surface area (Å²) < 4.78 is 63.3. The summed E-state index contributed by atoms with van der Waals surface area (Å²) >= 11 is 0. The molecule has 0 radical (unpaired) electrons. The minimum absolute atomic E-state index is 0.0560. The number of unbranched alkanes of at least 4 members (excludes halogenated alkanes) is 1. The quantitative estimate of drug-likeness (QED) is 0.210. The van der Waals surface area contributed by atoms with Crippen molar-refractivity contribution in [1.29, 1.82) is 0 Å². The van der Waals surface area contributed by atoms with E-state index in [9.17, 15) is 22.8 Å². The normalized spacial score (nSPS) is 13.6. The van der Waals surface area contributed by atoms with Crippen LogP contribution >= 0.6 is 0 Å². The summed E-state index contributed by atoms with van der Waals surface area (Å²) in [5.41, 5.74) is 5.54. The van der Waals surface area contributed by atoms with Crippen LogP contribution in [-0.4, -0.2) is 54.7 Å². The van der Waals surface area contributed by atoms with Crippen LogP contribution in [0.25, 0.3) is 0 Å². The lowest BCUT2D eigenvalue weighted by Crippen LogP contribution is -2.09. The largest absolute Gasteiger partial charge is 0.478 e. The number of ether oxygens (including phenoxy) is 1. The highest BCUT2D eigenvalue weighted by Crippen LogP contribution is 2.29. The number of carboxylic acid groups (broad SMARTS) is 2. The standard InChI is InChI=1S/C15H21F3N2O2.C4H4O4/c1-21-10-3-2-4-14(20-22-11-9-19)12-5-7-13(8-6-12)15(16,17)18;5-3(6)1-2-4(7)8/h5-8H,2-4,9-11,19H2,1H3;1-2H,(H,5,6)(H,7,8)/b20-14+;2-1-/i1D3;. The van der Waals surface area contributed by atoms with E-state index in [2.05, 4.69) is 9.89 Å². The summed E-state index contributed by atoms with van der Waals surface area (Å²) in [6.45, 7) is 0.503. The number of nitrogens with two attached hydrogens (primary N) is 1. The van der Waals surface area contributed by atoms with Gasteiger partial charge in [0, 0.05) is 32.3 Å². The molecule has 168 valence electrons. The van der Waals surface area contributed by atoms with Crippen molar-refractivity contribution in [3.8, 4) is 0 Å². The van der Waals surface area contributed by atoms with Crippen molar-refractivity contribution in [2.75, 3.05) is 26.8 Å². The van der Waals surface area contributed by atoms with E-state index < -0.39 is 30.7 Å². The molecule has 11 heteroatoms. The van der Waals surface area contributed by atoms with E-state index in [0.29, 0.717) is 42.7 Å². The Labute approximate surface area is 176 Å². The van der Waals surface area contributed by atoms with Crippen LogP contribution in [0.3, 0.4) is 0 Å². The molecule has 0 bridgehead atoms. The summed E-state index contributed by atoms with van der Waals surface area (Å²) in [6, 6.07) is 4.61. The minimum atomic E-state index is -4.40. The van der Waals surface area contributed by atoms with Gasteiger partial charge in [0.2, 0.25) is 0 Å². The first-order chi connectivity index (χ1) is 15.3. The van der Waals surface area contributed by atoms with E-state index >= 15 is 0 Å². The average Bonchev–Trinajstić information content (AvgIpc) is 2.70. The number of hydrogen-bond acceptors (Lipinski definition) is 6. The minimum Gasteiger partial charge on any atom is -0.478 e. The smallest absolute Gasteiger partial charge is 0.416 e. The number of rotatable bonds is 11. The number of aliphatic carboxylic acids is 2. The van der Waals surface area contributed by atoms with Crippen LogP contribution in [0.5, 0.6) is 0 Å². The van der Waals surface area contributed by atoms with Gasteiger partial charge in [-0.05, 0) is 37.0 Å². The third-order valence-electron chi connectivity index (χ3n) is 3.21. The second kappa shape index (κ2) is 15.0. The second-order valence-corrected chi connectivity index (χ2v) is 5.55. The molecule has 0 amide bonds. The molecule has 0 aliphatic carbocycles. The monoisotopic (exact) mass is 437 g/mol. The Balaban J connectivity index is 0.00000109. The Bertz CT molecular complexity index is 781. The molecule has 8 nitrogen and oxygen atoms in total. The van der Waals surface area contributed by atoms with Crippen LogP contribution in [0, 0.1) is 0 Å². The van der Waals surface area contributed by atoms with Gasteiger partial charge in [-0.1, -0.05) is 17.3 Å². The first kappa shape index (κ1) is 21.8. The molecule has 1 aromatic carbocycles. The lowest BCUT2D eigenvalue weighted by molar-refractivity contribution is -0.137. The molecular weight excluding hydrogens is 409 g/mol. The molecule has 0 spiro atoms. The molecule has 1 aromatic rings. The van der Waals surface area contributed by atoms with Gasteiger partial charge in [-0.3, -0.25) is 0 Å². The highest BCUT2D eigenvalue weighted by Gasteiger charge is 2.30. The topological polar surface area (TPSA) is 131 Å². The molecule has 1 rings (SSSR count). The first-order valence-electron chi connectivity index (χ1n) is 10.1. The number of carboxylic acids is 2. The predicted molar refractivity (Wildman–Crippen MR) is 103 cm³/mol. The van der Waals surface area contributed by atoms with E-state index in [1.54, 1.807) is 0 Å². The van der Waals surface area contributed by atoms with Gasteiger partial charge >= 0.3 is 18.1 Å². The fourth-order valence-electron chi connectivity index (χ4n) is 1.88. The molecule has 0 unspecified atom stereocenters. The third kappa shape index (κ3) is 13.3. The van der Waals surface area contributed by atoms with Gasteiger partial charge in [0.25, 0.3) is 0 Å². The van der Waals surface area contributed by atoms with Crippen LogP contribution < -0.4 is 5.73 Å². The van der Waals surface area contributed by atoms with Gasteiger partial charge in [-0.15, -0.1) is 0 Å². The fourth-order valence-corrected chi connectivity index (χ4v) is 1.88. The van der Waals surface area contributed by atoms with Crippen LogP contribution in [0.2, 0.25) is 0 Å². The molecule has 0 fully saturated rings. The lowest BCUT2D eigenvalue weighted by atomic mass is 10.0. The van der Waals surface area contributed by atoms with Crippen molar-refractivity contribution in [3.63, 3.8) is 0 Å². The predicted octanol–water partition coefficient (Wildman–Crippen LogP) is 2.91. The molecular formula is C19H25F3N2O6. The summed E-state index contributed by atoms with van der Waals surface area (Å²) in [4.78, 5) is 24.1. The first-order valence-corrected chi connectivity index (χ1v) is 8.60. The van der Waals surface area contributed by atoms with Gasteiger partial charge in [0.1, 0.15) is 6.61 Å². The molecule has 30 heavy (non-hydrogen) atoms. The number of alkyl halides is 3. The Morgan fingerprint density at radius 2 is 1.73 bits per heavy atom. The summed E-state index contributed by atoms with van der Waals surface area (Å²) in [7, 11) is -2.44. The third-order valence-corrected chi connectivity index (χ3v) is 3.21. The zero-order chi connectivity index (χ0) is 25.5. The molecule has 0 aromatic heterocycles.